The van der Waals surface area contributed by atoms with Crippen molar-refractivity contribution in [3.8, 4) is 11.5 Å². The molecule has 0 saturated carbocycles. The molecule has 0 aliphatic carbocycles. The number of benzene rings is 1. The van der Waals surface area contributed by atoms with E-state index in [4.69, 9.17) is 21.1 Å². The Hall–Kier alpha value is -1.42. The van der Waals surface area contributed by atoms with E-state index in [0.717, 1.165) is 56.2 Å². The van der Waals surface area contributed by atoms with Crippen LogP contribution in [0.25, 0.3) is 0 Å². The van der Waals surface area contributed by atoms with E-state index in [1.54, 1.807) is 14.1 Å². The Kier molecular flexibility index (Phi) is 9.61. The minimum absolute atomic E-state index is 0. The zero-order valence-electron chi connectivity index (χ0n) is 17.0. The van der Waals surface area contributed by atoms with E-state index >= 15 is 0 Å². The summed E-state index contributed by atoms with van der Waals surface area (Å²) in [6.07, 6.45) is 3.43. The molecule has 3 rings (SSSR count). The van der Waals surface area contributed by atoms with Crippen LogP contribution in [0, 0.1) is 5.92 Å². The highest BCUT2D eigenvalue weighted by molar-refractivity contribution is 14.0. The number of carbonyl (C=O) groups is 1. The standard InChI is InChI=1S/C20H29ClN4O3.HI/c1-22-18(26)13-14-4-7-25(8-5-14)20(23-2)24-6-3-15-11-16(21)19-17(12-15)27-9-10-28-19;/h11-12,14H,3-10,13H2,1-2H3,(H,22,26)(H,23,24);1H. The summed E-state index contributed by atoms with van der Waals surface area (Å²) in [5.74, 6) is 2.84. The summed E-state index contributed by atoms with van der Waals surface area (Å²) >= 11 is 6.31. The fraction of sp³-hybridized carbons (Fsp3) is 0.600. The van der Waals surface area contributed by atoms with Gasteiger partial charge in [-0.2, -0.15) is 0 Å². The maximum atomic E-state index is 11.6. The molecule has 2 heterocycles. The number of amides is 1. The SMILES string of the molecule is CN=C(NCCc1cc(Cl)c2c(c1)OCCO2)N1CCC(CC(=O)NC)CC1.I. The average molecular weight is 537 g/mol. The van der Waals surface area contributed by atoms with Crippen LogP contribution in [0.3, 0.4) is 0 Å². The Balaban J connectivity index is 0.00000300. The molecule has 2 N–H and O–H groups in total. The molecule has 0 bridgehead atoms. The zero-order valence-corrected chi connectivity index (χ0v) is 20.1. The van der Waals surface area contributed by atoms with Gasteiger partial charge in [-0.15, -0.1) is 24.0 Å². The second kappa shape index (κ2) is 11.7. The maximum Gasteiger partial charge on any atom is 0.220 e. The first-order valence-electron chi connectivity index (χ1n) is 9.85. The van der Waals surface area contributed by atoms with Gasteiger partial charge in [0.05, 0.1) is 5.02 Å². The molecule has 1 fully saturated rings. The van der Waals surface area contributed by atoms with Crippen LogP contribution >= 0.6 is 35.6 Å². The number of likely N-dealkylation sites (tertiary alicyclic amines) is 1. The van der Waals surface area contributed by atoms with Gasteiger partial charge in [0.15, 0.2) is 17.5 Å². The third-order valence-electron chi connectivity index (χ3n) is 5.23. The summed E-state index contributed by atoms with van der Waals surface area (Å²) < 4.78 is 11.2. The van der Waals surface area contributed by atoms with Crippen molar-refractivity contribution < 1.29 is 14.3 Å². The number of aliphatic imine (C=N–C) groups is 1. The number of guanidine groups is 1. The Morgan fingerprint density at radius 2 is 2.00 bits per heavy atom. The van der Waals surface area contributed by atoms with Gasteiger partial charge < -0.3 is 25.0 Å². The molecular weight excluding hydrogens is 507 g/mol. The molecule has 0 atom stereocenters. The van der Waals surface area contributed by atoms with Gasteiger partial charge in [-0.3, -0.25) is 9.79 Å². The zero-order chi connectivity index (χ0) is 19.9. The second-order valence-electron chi connectivity index (χ2n) is 7.13. The average Bonchev–Trinajstić information content (AvgIpc) is 2.72. The summed E-state index contributed by atoms with van der Waals surface area (Å²) in [5.41, 5.74) is 1.10. The molecule has 0 aromatic heterocycles. The molecular formula is C20H30ClIN4O3. The monoisotopic (exact) mass is 536 g/mol. The molecule has 162 valence electrons. The van der Waals surface area contributed by atoms with Gasteiger partial charge in [0.2, 0.25) is 5.91 Å². The summed E-state index contributed by atoms with van der Waals surface area (Å²) in [4.78, 5) is 18.2. The first kappa shape index (κ1) is 23.9. The van der Waals surface area contributed by atoms with Gasteiger partial charge >= 0.3 is 0 Å². The van der Waals surface area contributed by atoms with Crippen molar-refractivity contribution >= 4 is 47.4 Å². The van der Waals surface area contributed by atoms with Crippen LogP contribution in [0.4, 0.5) is 0 Å². The molecule has 2 aliphatic rings. The Labute approximate surface area is 194 Å². The highest BCUT2D eigenvalue weighted by Crippen LogP contribution is 2.38. The number of nitrogens with zero attached hydrogens (tertiary/aromatic N) is 2. The van der Waals surface area contributed by atoms with E-state index in [0.29, 0.717) is 36.3 Å². The highest BCUT2D eigenvalue weighted by Gasteiger charge is 2.23. The van der Waals surface area contributed by atoms with Crippen molar-refractivity contribution in [3.63, 3.8) is 0 Å². The molecule has 1 aromatic rings. The van der Waals surface area contributed by atoms with Gasteiger partial charge in [0, 0.05) is 40.2 Å². The van der Waals surface area contributed by atoms with Gasteiger partial charge in [-0.1, -0.05) is 11.6 Å². The number of hydrogen-bond donors (Lipinski definition) is 2. The Morgan fingerprint density at radius 1 is 1.28 bits per heavy atom. The normalized spacial score (nSPS) is 16.8. The van der Waals surface area contributed by atoms with Crippen molar-refractivity contribution in [1.82, 2.24) is 15.5 Å². The Morgan fingerprint density at radius 3 is 2.69 bits per heavy atom. The van der Waals surface area contributed by atoms with Crippen molar-refractivity contribution in [1.29, 1.82) is 0 Å². The van der Waals surface area contributed by atoms with Gasteiger partial charge in [0.25, 0.3) is 0 Å². The molecule has 0 unspecified atom stereocenters. The molecule has 1 amide bonds. The number of hydrogen-bond acceptors (Lipinski definition) is 4. The molecule has 2 aliphatic heterocycles. The molecule has 1 aromatic carbocycles. The van der Waals surface area contributed by atoms with Crippen molar-refractivity contribution in [3.05, 3.63) is 22.7 Å². The number of rotatable bonds is 5. The van der Waals surface area contributed by atoms with Crippen LogP contribution in [0.5, 0.6) is 11.5 Å². The van der Waals surface area contributed by atoms with E-state index in [-0.39, 0.29) is 29.9 Å². The van der Waals surface area contributed by atoms with Gasteiger partial charge in [-0.05, 0) is 42.9 Å². The molecule has 7 nitrogen and oxygen atoms in total. The first-order valence-corrected chi connectivity index (χ1v) is 10.2. The molecule has 1 saturated heterocycles. The number of piperidine rings is 1. The number of fused-ring (bicyclic) bond motifs is 1. The minimum atomic E-state index is 0. The van der Waals surface area contributed by atoms with Crippen molar-refractivity contribution in [2.45, 2.75) is 25.7 Å². The molecule has 29 heavy (non-hydrogen) atoms. The van der Waals surface area contributed by atoms with Gasteiger partial charge in [0.1, 0.15) is 13.2 Å². The van der Waals surface area contributed by atoms with Crippen LogP contribution in [-0.2, 0) is 11.2 Å². The van der Waals surface area contributed by atoms with E-state index in [1.807, 2.05) is 12.1 Å². The predicted molar refractivity (Wildman–Crippen MR) is 126 cm³/mol. The topological polar surface area (TPSA) is 75.2 Å². The Bertz CT molecular complexity index is 724. The summed E-state index contributed by atoms with van der Waals surface area (Å²) in [7, 11) is 3.50. The second-order valence-corrected chi connectivity index (χ2v) is 7.54. The minimum Gasteiger partial charge on any atom is -0.486 e. The number of halogens is 2. The summed E-state index contributed by atoms with van der Waals surface area (Å²) in [6, 6.07) is 3.93. The largest absolute Gasteiger partial charge is 0.486 e. The molecule has 9 heteroatoms. The predicted octanol–water partition coefficient (Wildman–Crippen LogP) is 2.70. The quantitative estimate of drug-likeness (QED) is 0.344. The fourth-order valence-electron chi connectivity index (χ4n) is 3.67. The van der Waals surface area contributed by atoms with Crippen LogP contribution in [-0.4, -0.2) is 63.7 Å². The van der Waals surface area contributed by atoms with E-state index < -0.39 is 0 Å². The van der Waals surface area contributed by atoms with Crippen LogP contribution in [0.15, 0.2) is 17.1 Å². The van der Waals surface area contributed by atoms with Crippen LogP contribution in [0.1, 0.15) is 24.8 Å². The van der Waals surface area contributed by atoms with E-state index in [9.17, 15) is 4.79 Å². The lowest BCUT2D eigenvalue weighted by Crippen LogP contribution is -2.46. The third kappa shape index (κ3) is 6.53. The number of nitrogens with one attached hydrogen (secondary N) is 2. The fourth-order valence-corrected chi connectivity index (χ4v) is 3.96. The van der Waals surface area contributed by atoms with E-state index in [1.165, 1.54) is 0 Å². The van der Waals surface area contributed by atoms with Crippen molar-refractivity contribution in [2.24, 2.45) is 10.9 Å². The lowest BCUT2D eigenvalue weighted by atomic mass is 9.93. The number of ether oxygens (including phenoxy) is 2. The van der Waals surface area contributed by atoms with Gasteiger partial charge in [-0.25, -0.2) is 0 Å². The van der Waals surface area contributed by atoms with Crippen molar-refractivity contribution in [2.75, 3.05) is 46.9 Å². The maximum absolute atomic E-state index is 11.6. The molecule has 0 radical (unpaired) electrons. The summed E-state index contributed by atoms with van der Waals surface area (Å²) in [6.45, 7) is 3.66. The third-order valence-corrected chi connectivity index (χ3v) is 5.51. The lowest BCUT2D eigenvalue weighted by Gasteiger charge is -2.34. The summed E-state index contributed by atoms with van der Waals surface area (Å²) in [5, 5.41) is 6.74. The van der Waals surface area contributed by atoms with Crippen LogP contribution < -0.4 is 20.1 Å². The number of carbonyl (C=O) groups excluding carboxylic acids is 1. The van der Waals surface area contributed by atoms with Crippen LogP contribution in [0.2, 0.25) is 5.02 Å². The van der Waals surface area contributed by atoms with E-state index in [2.05, 4.69) is 20.5 Å². The highest BCUT2D eigenvalue weighted by atomic mass is 127. The smallest absolute Gasteiger partial charge is 0.220 e. The lowest BCUT2D eigenvalue weighted by molar-refractivity contribution is -0.121. The first-order chi connectivity index (χ1) is 13.6. The molecule has 0 spiro atoms.